The van der Waals surface area contributed by atoms with E-state index < -0.39 is 0 Å². The maximum Gasteiger partial charge on any atom is 0.251 e. The predicted molar refractivity (Wildman–Crippen MR) is 119 cm³/mol. The van der Waals surface area contributed by atoms with E-state index in [1.807, 2.05) is 55.4 Å². The molecule has 0 aliphatic carbocycles. The van der Waals surface area contributed by atoms with Crippen LogP contribution in [0, 0.1) is 0 Å². The molecule has 162 valence electrons. The van der Waals surface area contributed by atoms with Gasteiger partial charge < -0.3 is 30.7 Å². The summed E-state index contributed by atoms with van der Waals surface area (Å²) in [5.41, 5.74) is 8.49. The van der Waals surface area contributed by atoms with Crippen molar-refractivity contribution in [1.82, 2.24) is 15.5 Å². The third-order valence-corrected chi connectivity index (χ3v) is 4.39. The lowest BCUT2D eigenvalue weighted by Crippen LogP contribution is -2.31. The van der Waals surface area contributed by atoms with Crippen LogP contribution in [-0.2, 0) is 13.1 Å². The van der Waals surface area contributed by atoms with Crippen LogP contribution in [0.25, 0.3) is 0 Å². The van der Waals surface area contributed by atoms with Crippen molar-refractivity contribution < 1.29 is 14.3 Å². The van der Waals surface area contributed by atoms with Gasteiger partial charge >= 0.3 is 0 Å². The van der Waals surface area contributed by atoms with Gasteiger partial charge in [-0.05, 0) is 49.5 Å². The van der Waals surface area contributed by atoms with E-state index in [0.29, 0.717) is 42.7 Å². The van der Waals surface area contributed by atoms with E-state index in [1.165, 1.54) is 0 Å². The number of amides is 1. The van der Waals surface area contributed by atoms with Crippen molar-refractivity contribution >= 4 is 11.9 Å². The van der Waals surface area contributed by atoms with Crippen LogP contribution in [0.15, 0.2) is 47.5 Å². The van der Waals surface area contributed by atoms with Gasteiger partial charge in [0.15, 0.2) is 17.5 Å². The molecule has 0 heterocycles. The smallest absolute Gasteiger partial charge is 0.251 e. The van der Waals surface area contributed by atoms with Crippen LogP contribution in [0.1, 0.15) is 21.5 Å². The summed E-state index contributed by atoms with van der Waals surface area (Å²) < 4.78 is 10.5. The molecule has 30 heavy (non-hydrogen) atoms. The van der Waals surface area contributed by atoms with Crippen LogP contribution in [0.2, 0.25) is 0 Å². The topological polar surface area (TPSA) is 101 Å². The molecule has 0 saturated carbocycles. The van der Waals surface area contributed by atoms with E-state index in [2.05, 4.69) is 15.6 Å². The lowest BCUT2D eigenvalue weighted by Gasteiger charge is -2.11. The van der Waals surface area contributed by atoms with Gasteiger partial charge in [0.05, 0.1) is 20.8 Å². The summed E-state index contributed by atoms with van der Waals surface area (Å²) in [5.74, 6) is 1.56. The molecule has 0 aliphatic heterocycles. The number of aliphatic imine (C=N–C) groups is 1. The van der Waals surface area contributed by atoms with Gasteiger partial charge in [0, 0.05) is 25.2 Å². The summed E-state index contributed by atoms with van der Waals surface area (Å²) in [6.07, 6.45) is 0. The average Bonchev–Trinajstić information content (AvgIpc) is 2.75. The highest BCUT2D eigenvalue weighted by atomic mass is 16.5. The number of carbonyl (C=O) groups excluding carboxylic acids is 1. The molecular weight excluding hydrogens is 382 g/mol. The number of guanidine groups is 1. The molecule has 0 fully saturated rings. The van der Waals surface area contributed by atoms with Crippen LogP contribution in [-0.4, -0.2) is 58.2 Å². The molecule has 0 aromatic heterocycles. The van der Waals surface area contributed by atoms with Gasteiger partial charge in [-0.3, -0.25) is 4.79 Å². The number of carbonyl (C=O) groups is 1. The summed E-state index contributed by atoms with van der Waals surface area (Å²) >= 11 is 0. The lowest BCUT2D eigenvalue weighted by atomic mass is 10.1. The molecule has 4 N–H and O–H groups in total. The number of nitrogens with zero attached hydrogens (tertiary/aromatic N) is 2. The third kappa shape index (κ3) is 7.29. The van der Waals surface area contributed by atoms with Crippen molar-refractivity contribution in [2.24, 2.45) is 10.7 Å². The normalized spacial score (nSPS) is 11.3. The number of benzene rings is 2. The lowest BCUT2D eigenvalue weighted by molar-refractivity contribution is 0.0951. The van der Waals surface area contributed by atoms with Gasteiger partial charge in [-0.1, -0.05) is 18.2 Å². The monoisotopic (exact) mass is 413 g/mol. The Morgan fingerprint density at radius 1 is 1.03 bits per heavy atom. The van der Waals surface area contributed by atoms with Crippen LogP contribution in [0.4, 0.5) is 0 Å². The van der Waals surface area contributed by atoms with Gasteiger partial charge in [0.1, 0.15) is 0 Å². The number of methoxy groups -OCH3 is 2. The molecule has 0 spiro atoms. The second kappa shape index (κ2) is 11.7. The Labute approximate surface area is 178 Å². The van der Waals surface area contributed by atoms with E-state index in [1.54, 1.807) is 20.3 Å². The predicted octanol–water partition coefficient (Wildman–Crippen LogP) is 1.60. The highest BCUT2D eigenvalue weighted by Crippen LogP contribution is 2.27. The number of hydrogen-bond donors (Lipinski definition) is 3. The van der Waals surface area contributed by atoms with Crippen LogP contribution in [0.3, 0.4) is 0 Å². The van der Waals surface area contributed by atoms with E-state index >= 15 is 0 Å². The number of nitrogens with one attached hydrogen (secondary N) is 2. The molecule has 0 radical (unpaired) electrons. The zero-order valence-electron chi connectivity index (χ0n) is 18.1. The first-order chi connectivity index (χ1) is 14.4. The van der Waals surface area contributed by atoms with Crippen molar-refractivity contribution in [3.8, 4) is 11.5 Å². The van der Waals surface area contributed by atoms with Crippen LogP contribution < -0.4 is 25.8 Å². The van der Waals surface area contributed by atoms with Crippen molar-refractivity contribution in [3.05, 3.63) is 59.2 Å². The zero-order chi connectivity index (χ0) is 21.9. The van der Waals surface area contributed by atoms with Crippen LogP contribution in [0.5, 0.6) is 11.5 Å². The van der Waals surface area contributed by atoms with Crippen molar-refractivity contribution in [2.75, 3.05) is 41.4 Å². The molecule has 0 aliphatic rings. The van der Waals surface area contributed by atoms with Crippen molar-refractivity contribution in [1.29, 1.82) is 0 Å². The number of ether oxygens (including phenoxy) is 2. The Kier molecular flexibility index (Phi) is 8.96. The number of nitrogens with two attached hydrogens (primary N) is 1. The second-order valence-electron chi connectivity index (χ2n) is 7.00. The highest BCUT2D eigenvalue weighted by molar-refractivity contribution is 5.94. The first-order valence-corrected chi connectivity index (χ1v) is 9.69. The second-order valence-corrected chi connectivity index (χ2v) is 7.00. The van der Waals surface area contributed by atoms with Gasteiger partial charge in [0.2, 0.25) is 0 Å². The summed E-state index contributed by atoms with van der Waals surface area (Å²) in [6, 6.07) is 13.0. The Morgan fingerprint density at radius 2 is 1.80 bits per heavy atom. The number of likely N-dealkylation sites (N-methyl/N-ethyl adjacent to an activating group) is 1. The summed E-state index contributed by atoms with van der Waals surface area (Å²) in [5, 5.41) is 5.99. The molecular formula is C22H31N5O3. The van der Waals surface area contributed by atoms with Gasteiger partial charge in [0.25, 0.3) is 5.91 Å². The molecule has 2 aromatic rings. The summed E-state index contributed by atoms with van der Waals surface area (Å²) in [4.78, 5) is 18.6. The fourth-order valence-corrected chi connectivity index (χ4v) is 2.72. The Hall–Kier alpha value is -3.26. The molecule has 0 saturated heterocycles. The number of rotatable bonds is 10. The van der Waals surface area contributed by atoms with Crippen molar-refractivity contribution in [2.45, 2.75) is 13.1 Å². The first kappa shape index (κ1) is 23.0. The molecule has 2 rings (SSSR count). The first-order valence-electron chi connectivity index (χ1n) is 9.69. The van der Waals surface area contributed by atoms with Crippen molar-refractivity contribution in [3.63, 3.8) is 0 Å². The molecule has 2 aromatic carbocycles. The minimum Gasteiger partial charge on any atom is -0.493 e. The third-order valence-electron chi connectivity index (χ3n) is 4.39. The Balaban J connectivity index is 1.90. The van der Waals surface area contributed by atoms with E-state index in [-0.39, 0.29) is 5.91 Å². The van der Waals surface area contributed by atoms with Gasteiger partial charge in [-0.2, -0.15) is 0 Å². The maximum atomic E-state index is 12.3. The van der Waals surface area contributed by atoms with Gasteiger partial charge in [-0.15, -0.1) is 0 Å². The Bertz CT molecular complexity index is 868. The molecule has 8 nitrogen and oxygen atoms in total. The SMILES string of the molecule is COc1ccc(CNC(N)=NCc2cccc(C(=O)NCCN(C)C)c2)cc1OC. The fraction of sp³-hybridized carbons (Fsp3) is 0.364. The minimum atomic E-state index is -0.0952. The van der Waals surface area contributed by atoms with Gasteiger partial charge in [-0.25, -0.2) is 4.99 Å². The maximum absolute atomic E-state index is 12.3. The molecule has 0 atom stereocenters. The largest absolute Gasteiger partial charge is 0.493 e. The molecule has 1 amide bonds. The molecule has 0 unspecified atom stereocenters. The van der Waals surface area contributed by atoms with E-state index in [0.717, 1.165) is 17.7 Å². The highest BCUT2D eigenvalue weighted by Gasteiger charge is 2.07. The minimum absolute atomic E-state index is 0.0952. The zero-order valence-corrected chi connectivity index (χ0v) is 18.1. The average molecular weight is 414 g/mol. The molecule has 8 heteroatoms. The van der Waals surface area contributed by atoms with E-state index in [4.69, 9.17) is 15.2 Å². The number of hydrogen-bond acceptors (Lipinski definition) is 5. The quantitative estimate of drug-likeness (QED) is 0.404. The summed E-state index contributed by atoms with van der Waals surface area (Å²) in [6.45, 7) is 2.27. The van der Waals surface area contributed by atoms with Crippen LogP contribution >= 0.6 is 0 Å². The molecule has 0 bridgehead atoms. The van der Waals surface area contributed by atoms with E-state index in [9.17, 15) is 4.79 Å². The summed E-state index contributed by atoms with van der Waals surface area (Å²) in [7, 11) is 7.13. The standard InChI is InChI=1S/C22H31N5O3/c1-27(2)11-10-24-21(28)18-7-5-6-16(12-18)14-25-22(23)26-15-17-8-9-19(29-3)20(13-17)30-4/h5-9,12-13H,10-11,14-15H2,1-4H3,(H,24,28)(H3,23,25,26). The fourth-order valence-electron chi connectivity index (χ4n) is 2.72. The Morgan fingerprint density at radius 3 is 2.50 bits per heavy atom.